The molecular weight excluding hydrogens is 254 g/mol. The summed E-state index contributed by atoms with van der Waals surface area (Å²) in [5.74, 6) is 0.629. The minimum atomic E-state index is 0.256. The second-order valence-electron chi connectivity index (χ2n) is 6.23. The molecule has 0 aromatic rings. The van der Waals surface area contributed by atoms with Crippen molar-refractivity contribution in [3.63, 3.8) is 0 Å². The Balaban J connectivity index is 1.46. The van der Waals surface area contributed by atoms with E-state index < -0.39 is 0 Å². The summed E-state index contributed by atoms with van der Waals surface area (Å²) < 4.78 is 5.33. The SMILES string of the molecule is O=C(C1CCN(C2CCNCC2)CC1)N1CCOCC1. The Labute approximate surface area is 121 Å². The van der Waals surface area contributed by atoms with Crippen molar-refractivity contribution in [3.8, 4) is 0 Å². The highest BCUT2D eigenvalue weighted by Gasteiger charge is 2.31. The van der Waals surface area contributed by atoms with Gasteiger partial charge >= 0.3 is 0 Å². The van der Waals surface area contributed by atoms with E-state index >= 15 is 0 Å². The molecule has 3 aliphatic heterocycles. The summed E-state index contributed by atoms with van der Waals surface area (Å²) in [5.41, 5.74) is 0. The summed E-state index contributed by atoms with van der Waals surface area (Å²) in [7, 11) is 0. The number of morpholine rings is 1. The maximum absolute atomic E-state index is 12.5. The molecule has 1 amide bonds. The third-order valence-corrected chi connectivity index (χ3v) is 5.03. The third-order valence-electron chi connectivity index (χ3n) is 5.03. The first-order chi connectivity index (χ1) is 9.84. The van der Waals surface area contributed by atoms with Crippen LogP contribution in [0, 0.1) is 5.92 Å². The van der Waals surface area contributed by atoms with Gasteiger partial charge in [0.2, 0.25) is 5.91 Å². The Bertz CT molecular complexity index is 317. The zero-order chi connectivity index (χ0) is 13.8. The zero-order valence-corrected chi connectivity index (χ0v) is 12.4. The van der Waals surface area contributed by atoms with Crippen molar-refractivity contribution in [1.82, 2.24) is 15.1 Å². The molecule has 3 aliphatic rings. The molecule has 0 aromatic heterocycles. The average molecular weight is 281 g/mol. The van der Waals surface area contributed by atoms with E-state index in [1.165, 1.54) is 12.8 Å². The Morgan fingerprint density at radius 1 is 0.950 bits per heavy atom. The summed E-state index contributed by atoms with van der Waals surface area (Å²) in [6.07, 6.45) is 4.62. The molecule has 114 valence electrons. The highest BCUT2D eigenvalue weighted by Crippen LogP contribution is 2.24. The molecule has 3 saturated heterocycles. The number of nitrogens with one attached hydrogen (secondary N) is 1. The van der Waals surface area contributed by atoms with E-state index in [-0.39, 0.29) is 5.92 Å². The van der Waals surface area contributed by atoms with Crippen LogP contribution >= 0.6 is 0 Å². The Morgan fingerprint density at radius 3 is 2.25 bits per heavy atom. The number of nitrogens with zero attached hydrogens (tertiary/aromatic N) is 2. The maximum atomic E-state index is 12.5. The van der Waals surface area contributed by atoms with Gasteiger partial charge in [0, 0.05) is 25.0 Å². The van der Waals surface area contributed by atoms with E-state index in [1.807, 2.05) is 4.90 Å². The second-order valence-corrected chi connectivity index (χ2v) is 6.23. The molecule has 3 heterocycles. The van der Waals surface area contributed by atoms with Gasteiger partial charge in [-0.2, -0.15) is 0 Å². The molecule has 0 aromatic carbocycles. The van der Waals surface area contributed by atoms with Gasteiger partial charge in [-0.3, -0.25) is 4.79 Å². The largest absolute Gasteiger partial charge is 0.378 e. The molecule has 0 aliphatic carbocycles. The van der Waals surface area contributed by atoms with Crippen LogP contribution < -0.4 is 5.32 Å². The smallest absolute Gasteiger partial charge is 0.225 e. The number of carbonyl (C=O) groups excluding carboxylic acids is 1. The molecule has 0 saturated carbocycles. The van der Waals surface area contributed by atoms with Crippen LogP contribution in [0.4, 0.5) is 0 Å². The first kappa shape index (κ1) is 14.3. The monoisotopic (exact) mass is 281 g/mol. The highest BCUT2D eigenvalue weighted by atomic mass is 16.5. The van der Waals surface area contributed by atoms with Crippen LogP contribution in [0.5, 0.6) is 0 Å². The first-order valence-corrected chi connectivity index (χ1v) is 8.16. The highest BCUT2D eigenvalue weighted by molar-refractivity contribution is 5.79. The number of likely N-dealkylation sites (tertiary alicyclic amines) is 1. The fraction of sp³-hybridized carbons (Fsp3) is 0.933. The molecule has 1 N–H and O–H groups in total. The lowest BCUT2D eigenvalue weighted by Gasteiger charge is -2.40. The Kier molecular flexibility index (Phi) is 4.91. The molecule has 3 fully saturated rings. The number of piperidine rings is 2. The molecule has 0 unspecified atom stereocenters. The molecule has 5 heteroatoms. The fourth-order valence-electron chi connectivity index (χ4n) is 3.73. The van der Waals surface area contributed by atoms with Gasteiger partial charge in [-0.25, -0.2) is 0 Å². The number of amides is 1. The number of hydrogen-bond acceptors (Lipinski definition) is 4. The lowest BCUT2D eigenvalue weighted by Crippen LogP contribution is -2.50. The van der Waals surface area contributed by atoms with E-state index in [1.54, 1.807) is 0 Å². The van der Waals surface area contributed by atoms with Gasteiger partial charge in [0.15, 0.2) is 0 Å². The van der Waals surface area contributed by atoms with E-state index in [2.05, 4.69) is 10.2 Å². The lowest BCUT2D eigenvalue weighted by molar-refractivity contribution is -0.141. The first-order valence-electron chi connectivity index (χ1n) is 8.16. The van der Waals surface area contributed by atoms with Crippen LogP contribution in [-0.4, -0.2) is 74.2 Å². The van der Waals surface area contributed by atoms with E-state index in [0.717, 1.165) is 58.2 Å². The van der Waals surface area contributed by atoms with Crippen LogP contribution in [-0.2, 0) is 9.53 Å². The molecule has 0 spiro atoms. The minimum Gasteiger partial charge on any atom is -0.378 e. The number of rotatable bonds is 2. The Hall–Kier alpha value is -0.650. The van der Waals surface area contributed by atoms with Crippen molar-refractivity contribution in [3.05, 3.63) is 0 Å². The van der Waals surface area contributed by atoms with Crippen molar-refractivity contribution in [2.24, 2.45) is 5.92 Å². The van der Waals surface area contributed by atoms with E-state index in [0.29, 0.717) is 19.1 Å². The van der Waals surface area contributed by atoms with Crippen molar-refractivity contribution in [1.29, 1.82) is 0 Å². The average Bonchev–Trinajstić information content (AvgIpc) is 2.56. The summed E-state index contributed by atoms with van der Waals surface area (Å²) >= 11 is 0. The molecule has 3 rings (SSSR count). The van der Waals surface area contributed by atoms with Gasteiger partial charge < -0.3 is 19.9 Å². The molecule has 0 atom stereocenters. The molecule has 5 nitrogen and oxygen atoms in total. The van der Waals surface area contributed by atoms with Crippen molar-refractivity contribution in [2.75, 3.05) is 52.5 Å². The summed E-state index contributed by atoms with van der Waals surface area (Å²) in [6, 6.07) is 0.746. The number of hydrogen-bond donors (Lipinski definition) is 1. The van der Waals surface area contributed by atoms with E-state index in [9.17, 15) is 4.79 Å². The molecular formula is C15H27N3O2. The normalized spacial score (nSPS) is 27.7. The van der Waals surface area contributed by atoms with Gasteiger partial charge in [-0.05, 0) is 51.9 Å². The van der Waals surface area contributed by atoms with Crippen LogP contribution in [0.25, 0.3) is 0 Å². The second kappa shape index (κ2) is 6.87. The standard InChI is InChI=1S/C15H27N3O2/c19-15(18-9-11-20-12-10-18)13-3-7-17(8-4-13)14-1-5-16-6-2-14/h13-14,16H,1-12H2. The summed E-state index contributed by atoms with van der Waals surface area (Å²) in [6.45, 7) is 7.49. The molecule has 20 heavy (non-hydrogen) atoms. The van der Waals surface area contributed by atoms with Crippen LogP contribution in [0.1, 0.15) is 25.7 Å². The summed E-state index contributed by atoms with van der Waals surface area (Å²) in [4.78, 5) is 17.1. The van der Waals surface area contributed by atoms with Gasteiger partial charge in [-0.1, -0.05) is 0 Å². The van der Waals surface area contributed by atoms with Gasteiger partial charge in [-0.15, -0.1) is 0 Å². The Morgan fingerprint density at radius 2 is 1.60 bits per heavy atom. The lowest BCUT2D eigenvalue weighted by atomic mass is 9.92. The quantitative estimate of drug-likeness (QED) is 0.791. The predicted molar refractivity (Wildman–Crippen MR) is 77.6 cm³/mol. The number of carbonyl (C=O) groups is 1. The summed E-state index contributed by atoms with van der Waals surface area (Å²) in [5, 5.41) is 3.42. The molecule has 0 radical (unpaired) electrons. The topological polar surface area (TPSA) is 44.8 Å². The van der Waals surface area contributed by atoms with Gasteiger partial charge in [0.25, 0.3) is 0 Å². The zero-order valence-electron chi connectivity index (χ0n) is 12.4. The predicted octanol–water partition coefficient (Wildman–Crippen LogP) is 0.309. The van der Waals surface area contributed by atoms with Gasteiger partial charge in [0.1, 0.15) is 0 Å². The maximum Gasteiger partial charge on any atom is 0.225 e. The van der Waals surface area contributed by atoms with Crippen LogP contribution in [0.2, 0.25) is 0 Å². The van der Waals surface area contributed by atoms with Crippen molar-refractivity contribution < 1.29 is 9.53 Å². The fourth-order valence-corrected chi connectivity index (χ4v) is 3.73. The van der Waals surface area contributed by atoms with Crippen LogP contribution in [0.15, 0.2) is 0 Å². The number of ether oxygens (including phenoxy) is 1. The van der Waals surface area contributed by atoms with Gasteiger partial charge in [0.05, 0.1) is 13.2 Å². The molecule has 0 bridgehead atoms. The van der Waals surface area contributed by atoms with Crippen LogP contribution in [0.3, 0.4) is 0 Å². The van der Waals surface area contributed by atoms with E-state index in [4.69, 9.17) is 4.74 Å². The third kappa shape index (κ3) is 3.32. The minimum absolute atomic E-state index is 0.256. The van der Waals surface area contributed by atoms with Crippen molar-refractivity contribution >= 4 is 5.91 Å². The van der Waals surface area contributed by atoms with Crippen molar-refractivity contribution in [2.45, 2.75) is 31.7 Å².